The number of nitrogens with zero attached hydrogens (tertiary/aromatic N) is 2. The zero-order valence-electron chi connectivity index (χ0n) is 14.6. The van der Waals surface area contributed by atoms with Crippen LogP contribution in [0.1, 0.15) is 28.8 Å². The van der Waals surface area contributed by atoms with Crippen LogP contribution in [0.3, 0.4) is 0 Å². The average Bonchev–Trinajstić information content (AvgIpc) is 2.67. The van der Waals surface area contributed by atoms with Gasteiger partial charge < -0.3 is 15.0 Å². The number of anilines is 1. The second-order valence-corrected chi connectivity index (χ2v) is 6.49. The zero-order valence-corrected chi connectivity index (χ0v) is 14.6. The van der Waals surface area contributed by atoms with Crippen molar-refractivity contribution in [1.29, 1.82) is 0 Å². The van der Waals surface area contributed by atoms with Crippen LogP contribution in [0.2, 0.25) is 0 Å². The van der Waals surface area contributed by atoms with E-state index in [1.807, 2.05) is 35.2 Å². The van der Waals surface area contributed by atoms with Crippen LogP contribution in [0.15, 0.2) is 48.7 Å². The number of rotatable bonds is 6. The minimum absolute atomic E-state index is 0.0583. The minimum atomic E-state index is 0.0583. The Morgan fingerprint density at radius 3 is 2.84 bits per heavy atom. The molecule has 0 bridgehead atoms. The minimum Gasteiger partial charge on any atom is -0.384 e. The smallest absolute Gasteiger partial charge is 0.255 e. The Morgan fingerprint density at radius 2 is 2.12 bits per heavy atom. The van der Waals surface area contributed by atoms with Gasteiger partial charge in [-0.25, -0.2) is 4.98 Å². The van der Waals surface area contributed by atoms with Gasteiger partial charge >= 0.3 is 0 Å². The van der Waals surface area contributed by atoms with E-state index in [2.05, 4.69) is 22.4 Å². The largest absolute Gasteiger partial charge is 0.384 e. The summed E-state index contributed by atoms with van der Waals surface area (Å²) in [5, 5.41) is 3.28. The first-order valence-electron chi connectivity index (χ1n) is 8.78. The van der Waals surface area contributed by atoms with Crippen molar-refractivity contribution in [3.63, 3.8) is 0 Å². The lowest BCUT2D eigenvalue weighted by Crippen LogP contribution is -2.41. The molecule has 0 saturated carbocycles. The van der Waals surface area contributed by atoms with Gasteiger partial charge in [-0.15, -0.1) is 0 Å². The Balaban J connectivity index is 1.57. The fraction of sp³-hybridized carbons (Fsp3) is 0.400. The third-order valence-electron chi connectivity index (χ3n) is 4.54. The molecular formula is C20H25N3O2. The summed E-state index contributed by atoms with van der Waals surface area (Å²) < 4.78 is 5.24. The molecule has 0 aliphatic carbocycles. The number of ether oxygens (including phenoxy) is 1. The molecule has 1 N–H and O–H groups in total. The van der Waals surface area contributed by atoms with Gasteiger partial charge in [0.2, 0.25) is 0 Å². The number of benzene rings is 1. The number of pyridine rings is 1. The number of hydrogen-bond acceptors (Lipinski definition) is 4. The van der Waals surface area contributed by atoms with Gasteiger partial charge in [0.15, 0.2) is 0 Å². The second kappa shape index (κ2) is 8.62. The number of carbonyl (C=O) groups is 1. The summed E-state index contributed by atoms with van der Waals surface area (Å²) in [4.78, 5) is 19.0. The highest BCUT2D eigenvalue weighted by molar-refractivity contribution is 5.94. The predicted octanol–water partition coefficient (Wildman–Crippen LogP) is 3.19. The highest BCUT2D eigenvalue weighted by Crippen LogP contribution is 2.19. The summed E-state index contributed by atoms with van der Waals surface area (Å²) >= 11 is 0. The summed E-state index contributed by atoms with van der Waals surface area (Å²) in [6.45, 7) is 3.00. The van der Waals surface area contributed by atoms with E-state index >= 15 is 0 Å². The molecule has 0 radical (unpaired) electrons. The van der Waals surface area contributed by atoms with Gasteiger partial charge in [-0.1, -0.05) is 30.3 Å². The summed E-state index contributed by atoms with van der Waals surface area (Å²) in [7, 11) is 1.71. The number of amides is 1. The van der Waals surface area contributed by atoms with E-state index in [0.717, 1.165) is 31.7 Å². The lowest BCUT2D eigenvalue weighted by Gasteiger charge is -2.32. The lowest BCUT2D eigenvalue weighted by atomic mass is 9.98. The third-order valence-corrected chi connectivity index (χ3v) is 4.54. The molecule has 1 aliphatic rings. The molecule has 1 fully saturated rings. The number of methoxy groups -OCH3 is 1. The molecule has 3 rings (SSSR count). The van der Waals surface area contributed by atoms with E-state index in [9.17, 15) is 4.79 Å². The van der Waals surface area contributed by atoms with Gasteiger partial charge in [0.25, 0.3) is 5.91 Å². The molecule has 1 saturated heterocycles. The highest BCUT2D eigenvalue weighted by Gasteiger charge is 2.24. The van der Waals surface area contributed by atoms with Gasteiger partial charge in [-0.05, 0) is 36.5 Å². The first kappa shape index (κ1) is 17.4. The van der Waals surface area contributed by atoms with Crippen molar-refractivity contribution in [2.75, 3.05) is 32.1 Å². The molecule has 1 atom stereocenters. The number of nitrogens with one attached hydrogen (secondary N) is 1. The summed E-state index contributed by atoms with van der Waals surface area (Å²) in [5.74, 6) is 1.27. The van der Waals surface area contributed by atoms with Crippen molar-refractivity contribution in [1.82, 2.24) is 9.88 Å². The number of likely N-dealkylation sites (tertiary alicyclic amines) is 1. The molecule has 5 heteroatoms. The van der Waals surface area contributed by atoms with E-state index in [4.69, 9.17) is 4.74 Å². The Bertz CT molecular complexity index is 671. The van der Waals surface area contributed by atoms with Gasteiger partial charge in [0, 0.05) is 32.9 Å². The molecule has 1 unspecified atom stereocenters. The molecule has 0 spiro atoms. The quantitative estimate of drug-likeness (QED) is 0.878. The van der Waals surface area contributed by atoms with E-state index in [-0.39, 0.29) is 5.91 Å². The first-order valence-corrected chi connectivity index (χ1v) is 8.78. The Labute approximate surface area is 149 Å². The molecular weight excluding hydrogens is 314 g/mol. The fourth-order valence-electron chi connectivity index (χ4n) is 3.22. The molecule has 1 amide bonds. The van der Waals surface area contributed by atoms with Crippen molar-refractivity contribution in [3.8, 4) is 0 Å². The van der Waals surface area contributed by atoms with E-state index < -0.39 is 0 Å². The number of hydrogen-bond donors (Lipinski definition) is 1. The molecule has 5 nitrogen and oxygen atoms in total. The van der Waals surface area contributed by atoms with Crippen LogP contribution in [0.4, 0.5) is 5.82 Å². The van der Waals surface area contributed by atoms with Gasteiger partial charge in [-0.2, -0.15) is 0 Å². The average molecular weight is 339 g/mol. The maximum Gasteiger partial charge on any atom is 0.255 e. The van der Waals surface area contributed by atoms with Crippen LogP contribution < -0.4 is 5.32 Å². The van der Waals surface area contributed by atoms with E-state index in [1.54, 1.807) is 13.3 Å². The molecule has 1 aliphatic heterocycles. The molecule has 25 heavy (non-hydrogen) atoms. The Morgan fingerprint density at radius 1 is 1.28 bits per heavy atom. The highest BCUT2D eigenvalue weighted by atomic mass is 16.5. The van der Waals surface area contributed by atoms with Crippen LogP contribution in [0.5, 0.6) is 0 Å². The Kier molecular flexibility index (Phi) is 6.01. The zero-order chi connectivity index (χ0) is 17.5. The normalized spacial score (nSPS) is 17.3. The maximum absolute atomic E-state index is 12.7. The molecule has 1 aromatic carbocycles. The number of piperidine rings is 1. The number of carbonyl (C=O) groups excluding carboxylic acids is 1. The number of aromatic nitrogens is 1. The van der Waals surface area contributed by atoms with Crippen molar-refractivity contribution in [3.05, 3.63) is 59.8 Å². The van der Waals surface area contributed by atoms with Crippen LogP contribution in [0.25, 0.3) is 0 Å². The van der Waals surface area contributed by atoms with Gasteiger partial charge in [0.1, 0.15) is 5.82 Å². The van der Waals surface area contributed by atoms with Gasteiger partial charge in [0.05, 0.1) is 12.2 Å². The standard InChI is InChI=1S/C20H25N3O2/c1-25-15-17-8-5-11-23(14-17)20(24)18-9-10-19(22-13-18)21-12-16-6-3-2-4-7-16/h2-4,6-7,9-10,13,17H,5,8,11-12,14-15H2,1H3,(H,21,22). The van der Waals surface area contributed by atoms with Crippen molar-refractivity contribution < 1.29 is 9.53 Å². The maximum atomic E-state index is 12.7. The monoisotopic (exact) mass is 339 g/mol. The van der Waals surface area contributed by atoms with E-state index in [0.29, 0.717) is 24.6 Å². The first-order chi connectivity index (χ1) is 12.3. The second-order valence-electron chi connectivity index (χ2n) is 6.49. The fourth-order valence-corrected chi connectivity index (χ4v) is 3.22. The lowest BCUT2D eigenvalue weighted by molar-refractivity contribution is 0.0570. The Hall–Kier alpha value is -2.40. The van der Waals surface area contributed by atoms with Crippen LogP contribution in [-0.2, 0) is 11.3 Å². The molecule has 1 aromatic heterocycles. The molecule has 132 valence electrons. The topological polar surface area (TPSA) is 54.5 Å². The summed E-state index contributed by atoms with van der Waals surface area (Å²) in [5.41, 5.74) is 1.84. The van der Waals surface area contributed by atoms with Gasteiger partial charge in [-0.3, -0.25) is 4.79 Å². The van der Waals surface area contributed by atoms with Crippen LogP contribution in [-0.4, -0.2) is 42.6 Å². The predicted molar refractivity (Wildman–Crippen MR) is 98.5 cm³/mol. The SMILES string of the molecule is COCC1CCCN(C(=O)c2ccc(NCc3ccccc3)nc2)C1. The summed E-state index contributed by atoms with van der Waals surface area (Å²) in [6.07, 6.45) is 3.82. The van der Waals surface area contributed by atoms with Crippen LogP contribution in [0, 0.1) is 5.92 Å². The van der Waals surface area contributed by atoms with Crippen molar-refractivity contribution >= 4 is 11.7 Å². The summed E-state index contributed by atoms with van der Waals surface area (Å²) in [6, 6.07) is 13.9. The van der Waals surface area contributed by atoms with E-state index in [1.165, 1.54) is 5.56 Å². The van der Waals surface area contributed by atoms with Crippen molar-refractivity contribution in [2.24, 2.45) is 5.92 Å². The molecule has 2 heterocycles. The third kappa shape index (κ3) is 4.79. The molecule has 2 aromatic rings. The van der Waals surface area contributed by atoms with Crippen molar-refractivity contribution in [2.45, 2.75) is 19.4 Å². The van der Waals surface area contributed by atoms with Crippen LogP contribution >= 0.6 is 0 Å².